The third kappa shape index (κ3) is 19.1. The molecule has 4 rings (SSSR count). The maximum absolute atomic E-state index is 13.9. The second kappa shape index (κ2) is 25.4. The second-order valence-electron chi connectivity index (χ2n) is 30.5. The molecular weight excluding hydrogens is 1070 g/mol. The summed E-state index contributed by atoms with van der Waals surface area (Å²) < 4.78 is 23.3. The van der Waals surface area contributed by atoms with Gasteiger partial charge in [0.15, 0.2) is 0 Å². The van der Waals surface area contributed by atoms with Gasteiger partial charge in [-0.1, -0.05) is 190 Å². The van der Waals surface area contributed by atoms with E-state index in [0.717, 1.165) is 0 Å². The van der Waals surface area contributed by atoms with Crippen molar-refractivity contribution in [3.05, 3.63) is 115 Å². The Hall–Kier alpha value is -7.80. The minimum Gasteiger partial charge on any atom is -0.507 e. The van der Waals surface area contributed by atoms with E-state index < -0.39 is 99.0 Å². The molecule has 85 heavy (non-hydrogen) atoms. The fourth-order valence-corrected chi connectivity index (χ4v) is 9.16. The summed E-state index contributed by atoms with van der Waals surface area (Å²) >= 11 is 0. The van der Waals surface area contributed by atoms with Crippen molar-refractivity contribution in [2.24, 2.45) is 5.41 Å². The minimum atomic E-state index is -1.85. The fraction of sp³-hybridized carbons (Fsp3) is 0.507. The Morgan fingerprint density at radius 3 is 0.529 bits per heavy atom. The minimum absolute atomic E-state index is 0.128. The van der Waals surface area contributed by atoms with Crippen LogP contribution >= 0.6 is 0 Å². The number of ether oxygens (including phenoxy) is 4. The highest BCUT2D eigenvalue weighted by Gasteiger charge is 2.39. The summed E-state index contributed by atoms with van der Waals surface area (Å²) in [6.45, 7) is 44.0. The zero-order valence-electron chi connectivity index (χ0n) is 55.0. The second-order valence-corrected chi connectivity index (χ2v) is 30.5. The first kappa shape index (κ1) is 69.7. The van der Waals surface area contributed by atoms with Crippen LogP contribution in [-0.4, -0.2) is 70.7 Å². The molecule has 4 aromatic carbocycles. The summed E-state index contributed by atoms with van der Waals surface area (Å²) in [7, 11) is 0. The molecule has 0 amide bonds. The lowest BCUT2D eigenvalue weighted by molar-refractivity contribution is -0.163. The van der Waals surface area contributed by atoms with Gasteiger partial charge in [-0.3, -0.25) is 0 Å². The Morgan fingerprint density at radius 1 is 0.282 bits per heavy atom. The largest absolute Gasteiger partial charge is 0.507 e. The van der Waals surface area contributed by atoms with Gasteiger partial charge in [-0.25, -0.2) is 19.2 Å². The molecule has 4 N–H and O–H groups in total. The Labute approximate surface area is 507 Å². The topological polar surface area (TPSA) is 186 Å². The van der Waals surface area contributed by atoms with Gasteiger partial charge in [-0.2, -0.15) is 0 Å². The summed E-state index contributed by atoms with van der Waals surface area (Å²) in [4.78, 5) is 55.4. The van der Waals surface area contributed by atoms with Gasteiger partial charge < -0.3 is 39.4 Å². The highest BCUT2D eigenvalue weighted by molar-refractivity contribution is 5.91. The van der Waals surface area contributed by atoms with E-state index in [1.807, 2.05) is 166 Å². The molecule has 0 unspecified atom stereocenters. The van der Waals surface area contributed by atoms with E-state index >= 15 is 0 Å². The van der Waals surface area contributed by atoms with Crippen molar-refractivity contribution >= 4 is 23.9 Å². The van der Waals surface area contributed by atoms with Crippen molar-refractivity contribution in [2.75, 3.05) is 26.4 Å². The normalized spacial score (nSPS) is 12.4. The van der Waals surface area contributed by atoms with Crippen molar-refractivity contribution < 1.29 is 58.6 Å². The van der Waals surface area contributed by atoms with Crippen molar-refractivity contribution in [1.29, 1.82) is 0 Å². The highest BCUT2D eigenvalue weighted by Crippen LogP contribution is 2.44. The van der Waals surface area contributed by atoms with E-state index in [0.29, 0.717) is 66.8 Å². The molecular formula is C73H92O12. The quantitative estimate of drug-likeness (QED) is 0.0744. The molecule has 0 aliphatic heterocycles. The number of esters is 4. The lowest BCUT2D eigenvalue weighted by Crippen LogP contribution is -2.43. The number of carbonyl (C=O) groups excluding carboxylic acids is 4. The molecule has 0 saturated carbocycles. The average molecular weight is 1160 g/mol. The Morgan fingerprint density at radius 2 is 0.412 bits per heavy atom. The Bertz CT molecular complexity index is 2880. The molecule has 0 fully saturated rings. The molecule has 0 heterocycles. The zero-order chi connectivity index (χ0) is 65.0. The molecule has 12 nitrogen and oxygen atoms in total. The number of rotatable bonds is 8. The summed E-state index contributed by atoms with van der Waals surface area (Å²) in [6, 6.07) is 13.7. The van der Waals surface area contributed by atoms with E-state index in [1.165, 1.54) is 0 Å². The van der Waals surface area contributed by atoms with Crippen LogP contribution in [0.25, 0.3) is 0 Å². The Balaban J connectivity index is 1.91. The van der Waals surface area contributed by atoms with Crippen molar-refractivity contribution in [2.45, 2.75) is 209 Å². The van der Waals surface area contributed by atoms with Crippen LogP contribution in [0.5, 0.6) is 23.0 Å². The molecule has 0 saturated heterocycles. The third-order valence-electron chi connectivity index (χ3n) is 14.2. The zero-order valence-corrected chi connectivity index (χ0v) is 55.0. The molecule has 0 atom stereocenters. The number of carbonyl (C=O) groups is 4. The third-order valence-corrected chi connectivity index (χ3v) is 14.2. The summed E-state index contributed by atoms with van der Waals surface area (Å²) in [5.74, 6) is 17.9. The SMILES string of the molecule is CC(C)(C)c1cc(C#CC(=O)OCC(COC(=O)C#Cc2cc(C(C)(C)C)c(O)c(C(C)(C)C)c2)(COC(=O)C#Cc2cc(C(C)(C)C)c(O)c(C(C)(C)C)c2)COC(=O)C#Cc2cc(C(C)(C)C)c(O)c(C(C)(C)C)c2)cc(C(C)(C)C)c1O. The lowest BCUT2D eigenvalue weighted by Gasteiger charge is -2.30. The van der Waals surface area contributed by atoms with Crippen LogP contribution in [0.15, 0.2) is 48.5 Å². The summed E-state index contributed by atoms with van der Waals surface area (Å²) in [5.41, 5.74) is 0.868. The smallest absolute Gasteiger partial charge is 0.384 e. The van der Waals surface area contributed by atoms with Crippen LogP contribution < -0.4 is 0 Å². The van der Waals surface area contributed by atoms with Gasteiger partial charge in [0, 0.05) is 90.4 Å². The predicted molar refractivity (Wildman–Crippen MR) is 336 cm³/mol. The first-order valence-corrected chi connectivity index (χ1v) is 28.7. The maximum atomic E-state index is 13.9. The molecule has 4 aromatic rings. The van der Waals surface area contributed by atoms with Crippen molar-refractivity contribution in [3.8, 4) is 70.4 Å². The molecule has 0 spiro atoms. The fourth-order valence-electron chi connectivity index (χ4n) is 9.16. The Kier molecular flexibility index (Phi) is 20.8. The van der Waals surface area contributed by atoms with Gasteiger partial charge in [0.2, 0.25) is 0 Å². The number of benzene rings is 4. The number of phenolic OH excluding ortho intramolecular Hbond substituents is 4. The standard InChI is InChI=1S/C73H92O12/c1-65(2,3)49-33-45(34-50(61(49)78)66(4,5)6)25-29-57(74)82-41-73(42-83-58(75)30-26-46-35-51(67(7,8)9)62(79)52(36-46)68(10,11)12,43-84-59(76)31-27-47-37-53(69(13,14)15)63(80)54(38-47)70(16,17)18)44-85-60(77)32-28-48-39-55(71(19,20)21)64(81)56(40-48)72(22,23)24/h33-40,78-81H,41-44H2,1-24H3. The summed E-state index contributed by atoms with van der Waals surface area (Å²) in [6.07, 6.45) is 0. The number of aromatic hydroxyl groups is 4. The maximum Gasteiger partial charge on any atom is 0.384 e. The average Bonchev–Trinajstić information content (AvgIpc) is 1.83. The van der Waals surface area contributed by atoms with E-state index in [1.54, 1.807) is 48.5 Å². The number of hydrogen-bond donors (Lipinski definition) is 4. The molecule has 456 valence electrons. The molecule has 0 aliphatic rings. The van der Waals surface area contributed by atoms with Crippen LogP contribution in [-0.2, 0) is 81.4 Å². The van der Waals surface area contributed by atoms with Crippen molar-refractivity contribution in [1.82, 2.24) is 0 Å². The van der Waals surface area contributed by atoms with Crippen LogP contribution in [0.4, 0.5) is 0 Å². The highest BCUT2D eigenvalue weighted by atomic mass is 16.6. The van der Waals surface area contributed by atoms with Crippen LogP contribution in [0.3, 0.4) is 0 Å². The lowest BCUT2D eigenvalue weighted by atomic mass is 9.78. The van der Waals surface area contributed by atoms with Gasteiger partial charge in [-0.05, 0) is 91.9 Å². The molecule has 0 bridgehead atoms. The molecule has 12 heteroatoms. The monoisotopic (exact) mass is 1160 g/mol. The van der Waals surface area contributed by atoms with E-state index in [-0.39, 0.29) is 23.0 Å². The van der Waals surface area contributed by atoms with E-state index in [4.69, 9.17) is 18.9 Å². The molecule has 0 aliphatic carbocycles. The van der Waals surface area contributed by atoms with Gasteiger partial charge >= 0.3 is 23.9 Å². The predicted octanol–water partition coefficient (Wildman–Crippen LogP) is 13.6. The van der Waals surface area contributed by atoms with Crippen LogP contribution in [0.2, 0.25) is 0 Å². The van der Waals surface area contributed by atoms with E-state index in [2.05, 4.69) is 47.4 Å². The first-order valence-electron chi connectivity index (χ1n) is 28.7. The summed E-state index contributed by atoms with van der Waals surface area (Å²) in [5, 5.41) is 45.4. The molecule has 0 aromatic heterocycles. The number of hydrogen-bond acceptors (Lipinski definition) is 12. The van der Waals surface area contributed by atoms with Gasteiger partial charge in [0.05, 0.1) is 0 Å². The van der Waals surface area contributed by atoms with Gasteiger partial charge in [0.1, 0.15) is 54.8 Å². The van der Waals surface area contributed by atoms with Gasteiger partial charge in [0.25, 0.3) is 0 Å². The van der Waals surface area contributed by atoms with Gasteiger partial charge in [-0.15, -0.1) is 0 Å². The van der Waals surface area contributed by atoms with Crippen LogP contribution in [0.1, 0.15) is 233 Å². The first-order chi connectivity index (χ1) is 38.4. The number of phenols is 4. The molecule has 0 radical (unpaired) electrons. The van der Waals surface area contributed by atoms with E-state index in [9.17, 15) is 39.6 Å². The van der Waals surface area contributed by atoms with Crippen LogP contribution in [0, 0.1) is 52.8 Å². The van der Waals surface area contributed by atoms with Crippen molar-refractivity contribution in [3.63, 3.8) is 0 Å².